The molecule has 0 aliphatic carbocycles. The van der Waals surface area contributed by atoms with Gasteiger partial charge in [-0.15, -0.1) is 0 Å². The highest BCUT2D eigenvalue weighted by atomic mass is 17.0. The van der Waals surface area contributed by atoms with Crippen molar-refractivity contribution >= 4 is 0 Å². The normalized spacial score (nSPS) is 35.6. The summed E-state index contributed by atoms with van der Waals surface area (Å²) in [5.41, 5.74) is 0. The van der Waals surface area contributed by atoms with Crippen molar-refractivity contribution in [2.45, 2.75) is 19.2 Å². The molecule has 1 unspecified atom stereocenters. The second kappa shape index (κ2) is 1.66. The van der Waals surface area contributed by atoms with Crippen LogP contribution >= 0.6 is 0 Å². The lowest BCUT2D eigenvalue weighted by Gasteiger charge is -2.10. The molecular formula is C4H8O4. The summed E-state index contributed by atoms with van der Waals surface area (Å²) in [7, 11) is 0. The summed E-state index contributed by atoms with van der Waals surface area (Å²) in [5, 5.41) is 17.0. The summed E-state index contributed by atoms with van der Waals surface area (Å²) >= 11 is 0. The van der Waals surface area contributed by atoms with Gasteiger partial charge in [-0.3, -0.25) is 4.74 Å². The van der Waals surface area contributed by atoms with Gasteiger partial charge in [0.25, 0.3) is 0 Å². The summed E-state index contributed by atoms with van der Waals surface area (Å²) < 4.78 is 8.78. The Morgan fingerprint density at radius 2 is 2.25 bits per heavy atom. The van der Waals surface area contributed by atoms with E-state index in [1.54, 1.807) is 6.92 Å². The molecule has 4 nitrogen and oxygen atoms in total. The molecule has 0 radical (unpaired) electrons. The Bertz CT molecular complexity index is 90.0. The van der Waals surface area contributed by atoms with Gasteiger partial charge in [0, 0.05) is 0 Å². The zero-order chi connectivity index (χ0) is 6.20. The predicted octanol–water partition coefficient (Wildman–Crippen LogP) is -0.982. The average molecular weight is 120 g/mol. The monoisotopic (exact) mass is 120 g/mol. The van der Waals surface area contributed by atoms with Crippen LogP contribution in [0.25, 0.3) is 0 Å². The van der Waals surface area contributed by atoms with Crippen molar-refractivity contribution in [3.8, 4) is 0 Å². The van der Waals surface area contributed by atoms with Crippen LogP contribution < -0.4 is 0 Å². The number of rotatable bonds is 0. The average Bonchev–Trinajstić information content (AvgIpc) is 1.82. The van der Waals surface area contributed by atoms with E-state index < -0.39 is 6.16 Å². The van der Waals surface area contributed by atoms with E-state index in [1.165, 1.54) is 0 Å². The van der Waals surface area contributed by atoms with Crippen molar-refractivity contribution in [1.29, 1.82) is 0 Å². The maximum absolute atomic E-state index is 8.48. The van der Waals surface area contributed by atoms with Gasteiger partial charge in [0.15, 0.2) is 0 Å². The second-order valence-corrected chi connectivity index (χ2v) is 1.79. The van der Waals surface area contributed by atoms with Gasteiger partial charge in [0.05, 0.1) is 12.7 Å². The minimum Gasteiger partial charge on any atom is -0.319 e. The summed E-state index contributed by atoms with van der Waals surface area (Å²) in [5.74, 6) is 0. The quantitative estimate of drug-likeness (QED) is 0.403. The number of ether oxygens (including phenoxy) is 2. The fraction of sp³-hybridized carbons (Fsp3) is 1.00. The maximum Gasteiger partial charge on any atom is 0.407 e. The Labute approximate surface area is 46.6 Å². The van der Waals surface area contributed by atoms with Gasteiger partial charge in [-0.25, -0.2) is 0 Å². The minimum absolute atomic E-state index is 0.229. The third-order valence-electron chi connectivity index (χ3n) is 0.861. The van der Waals surface area contributed by atoms with Gasteiger partial charge in [-0.05, 0) is 6.92 Å². The van der Waals surface area contributed by atoms with Gasteiger partial charge < -0.3 is 14.9 Å². The lowest BCUT2D eigenvalue weighted by molar-refractivity contribution is -0.433. The third kappa shape index (κ3) is 1.16. The lowest BCUT2D eigenvalue weighted by atomic mass is 10.5. The SMILES string of the molecule is CC1COC(O)(O)O1. The van der Waals surface area contributed by atoms with Crippen molar-refractivity contribution in [1.82, 2.24) is 0 Å². The van der Waals surface area contributed by atoms with Crippen LogP contribution in [0.2, 0.25) is 0 Å². The molecule has 4 heteroatoms. The second-order valence-electron chi connectivity index (χ2n) is 1.79. The van der Waals surface area contributed by atoms with E-state index in [1.807, 2.05) is 0 Å². The van der Waals surface area contributed by atoms with Crippen LogP contribution in [0.3, 0.4) is 0 Å². The minimum atomic E-state index is -2.33. The molecule has 0 spiro atoms. The zero-order valence-corrected chi connectivity index (χ0v) is 4.50. The van der Waals surface area contributed by atoms with Gasteiger partial charge in [-0.2, -0.15) is 0 Å². The molecule has 1 aliphatic heterocycles. The van der Waals surface area contributed by atoms with Gasteiger partial charge in [0.1, 0.15) is 0 Å². The topological polar surface area (TPSA) is 58.9 Å². The summed E-state index contributed by atoms with van der Waals surface area (Å²) in [6, 6.07) is 0. The van der Waals surface area contributed by atoms with Crippen LogP contribution in [-0.2, 0) is 9.47 Å². The van der Waals surface area contributed by atoms with E-state index in [2.05, 4.69) is 9.47 Å². The molecule has 0 aromatic heterocycles. The molecule has 1 heterocycles. The Balaban J connectivity index is 2.44. The molecule has 2 N–H and O–H groups in total. The molecule has 0 aromatic carbocycles. The molecular weight excluding hydrogens is 112 g/mol. The Kier molecular flexibility index (Phi) is 1.24. The fourth-order valence-corrected chi connectivity index (χ4v) is 0.556. The van der Waals surface area contributed by atoms with Crippen LogP contribution in [0.5, 0.6) is 0 Å². The molecule has 0 bridgehead atoms. The molecule has 0 aromatic rings. The summed E-state index contributed by atoms with van der Waals surface area (Å²) in [4.78, 5) is 0. The van der Waals surface area contributed by atoms with Crippen LogP contribution in [0.1, 0.15) is 6.92 Å². The highest BCUT2D eigenvalue weighted by Crippen LogP contribution is 2.16. The van der Waals surface area contributed by atoms with Crippen molar-refractivity contribution in [3.05, 3.63) is 0 Å². The first-order chi connectivity index (χ1) is 3.60. The Morgan fingerprint density at radius 1 is 1.62 bits per heavy atom. The van der Waals surface area contributed by atoms with E-state index >= 15 is 0 Å². The van der Waals surface area contributed by atoms with E-state index in [-0.39, 0.29) is 12.7 Å². The van der Waals surface area contributed by atoms with E-state index in [4.69, 9.17) is 10.2 Å². The van der Waals surface area contributed by atoms with Crippen molar-refractivity contribution in [3.63, 3.8) is 0 Å². The molecule has 8 heavy (non-hydrogen) atoms. The van der Waals surface area contributed by atoms with Crippen molar-refractivity contribution in [2.75, 3.05) is 6.61 Å². The van der Waals surface area contributed by atoms with Gasteiger partial charge in [-0.1, -0.05) is 0 Å². The maximum atomic E-state index is 8.48. The summed E-state index contributed by atoms with van der Waals surface area (Å²) in [6.45, 7) is 1.92. The Morgan fingerprint density at radius 3 is 2.38 bits per heavy atom. The fourth-order valence-electron chi connectivity index (χ4n) is 0.556. The highest BCUT2D eigenvalue weighted by molar-refractivity contribution is 4.55. The highest BCUT2D eigenvalue weighted by Gasteiger charge is 2.35. The van der Waals surface area contributed by atoms with Crippen LogP contribution in [0, 0.1) is 0 Å². The number of hydrogen-bond acceptors (Lipinski definition) is 4. The first kappa shape index (κ1) is 5.97. The largest absolute Gasteiger partial charge is 0.407 e. The van der Waals surface area contributed by atoms with Gasteiger partial charge in [0.2, 0.25) is 0 Å². The number of hydrogen-bond donors (Lipinski definition) is 2. The Hall–Kier alpha value is -0.160. The standard InChI is InChI=1S/C4H8O4/c1-3-2-7-4(5,6)8-3/h3,5-6H,2H2,1H3. The van der Waals surface area contributed by atoms with E-state index in [0.29, 0.717) is 0 Å². The zero-order valence-electron chi connectivity index (χ0n) is 4.50. The molecule has 0 amide bonds. The molecule has 1 aliphatic rings. The van der Waals surface area contributed by atoms with E-state index in [0.717, 1.165) is 0 Å². The first-order valence-electron chi connectivity index (χ1n) is 2.37. The molecule has 1 saturated heterocycles. The molecule has 0 saturated carbocycles. The smallest absolute Gasteiger partial charge is 0.319 e. The molecule has 48 valence electrons. The molecule has 1 fully saturated rings. The molecule has 1 rings (SSSR count). The van der Waals surface area contributed by atoms with Crippen molar-refractivity contribution in [2.24, 2.45) is 0 Å². The van der Waals surface area contributed by atoms with Crippen molar-refractivity contribution < 1.29 is 19.7 Å². The van der Waals surface area contributed by atoms with Crippen LogP contribution in [-0.4, -0.2) is 29.1 Å². The van der Waals surface area contributed by atoms with Crippen LogP contribution in [0.15, 0.2) is 0 Å². The lowest BCUT2D eigenvalue weighted by Crippen LogP contribution is -2.28. The van der Waals surface area contributed by atoms with Gasteiger partial charge >= 0.3 is 6.16 Å². The predicted molar refractivity (Wildman–Crippen MR) is 23.7 cm³/mol. The third-order valence-corrected chi connectivity index (χ3v) is 0.861. The summed E-state index contributed by atoms with van der Waals surface area (Å²) in [6.07, 6.45) is -2.57. The number of aliphatic hydroxyl groups is 2. The van der Waals surface area contributed by atoms with E-state index in [9.17, 15) is 0 Å². The first-order valence-corrected chi connectivity index (χ1v) is 2.37. The van der Waals surface area contributed by atoms with Crippen LogP contribution in [0.4, 0.5) is 0 Å². The molecule has 1 atom stereocenters.